The molecule has 1 heterocycles. The van der Waals surface area contributed by atoms with Gasteiger partial charge in [0.05, 0.1) is 21.2 Å². The molecule has 0 bridgehead atoms. The average Bonchev–Trinajstić information content (AvgIpc) is 2.61. The Bertz CT molecular complexity index is 604. The summed E-state index contributed by atoms with van der Waals surface area (Å²) in [5.74, 6) is 0.313. The summed E-state index contributed by atoms with van der Waals surface area (Å²) in [5, 5.41) is 3.79. The molecule has 0 spiro atoms. The van der Waals surface area contributed by atoms with Crippen LogP contribution in [0.25, 0.3) is 11.3 Å². The highest BCUT2D eigenvalue weighted by atomic mass is 127. The van der Waals surface area contributed by atoms with E-state index in [9.17, 15) is 8.42 Å². The topological polar surface area (TPSA) is 60.2 Å². The first-order valence-electron chi connectivity index (χ1n) is 4.46. The predicted octanol–water partition coefficient (Wildman–Crippen LogP) is 2.77. The van der Waals surface area contributed by atoms with Crippen molar-refractivity contribution in [1.29, 1.82) is 0 Å². The molecular weight excluding hydrogens is 341 g/mol. The summed E-state index contributed by atoms with van der Waals surface area (Å²) in [6, 6.07) is 9.09. The van der Waals surface area contributed by atoms with Gasteiger partial charge in [-0.05, 0) is 6.92 Å². The van der Waals surface area contributed by atoms with Gasteiger partial charge in [0.2, 0.25) is 7.01 Å². The van der Waals surface area contributed by atoms with E-state index in [1.54, 1.807) is 19.1 Å². The van der Waals surface area contributed by atoms with Crippen molar-refractivity contribution >= 4 is 28.2 Å². The zero-order chi connectivity index (χ0) is 11.8. The van der Waals surface area contributed by atoms with Crippen molar-refractivity contribution in [3.05, 3.63) is 36.1 Å². The molecule has 1 aromatic carbocycles. The quantitative estimate of drug-likeness (QED) is 0.618. The fraction of sp³-hybridized carbons (Fsp3) is 0.100. The van der Waals surface area contributed by atoms with Crippen LogP contribution in [-0.4, -0.2) is 13.6 Å². The van der Waals surface area contributed by atoms with Crippen LogP contribution in [0.2, 0.25) is 0 Å². The summed E-state index contributed by atoms with van der Waals surface area (Å²) in [4.78, 5) is 0.152. The summed E-state index contributed by atoms with van der Waals surface area (Å²) < 4.78 is 28.1. The molecule has 0 radical (unpaired) electrons. The van der Waals surface area contributed by atoms with Gasteiger partial charge in [-0.3, -0.25) is 0 Å². The van der Waals surface area contributed by atoms with E-state index in [0.29, 0.717) is 11.5 Å². The third-order valence-electron chi connectivity index (χ3n) is 2.10. The maximum atomic E-state index is 11.6. The number of hydrogen-bond acceptors (Lipinski definition) is 4. The molecule has 16 heavy (non-hydrogen) atoms. The third kappa shape index (κ3) is 2.12. The fourth-order valence-corrected chi connectivity index (χ4v) is 3.75. The number of benzene rings is 1. The molecule has 4 nitrogen and oxygen atoms in total. The summed E-state index contributed by atoms with van der Waals surface area (Å²) >= 11 is 1.39. The molecule has 0 saturated heterocycles. The minimum absolute atomic E-state index is 0.152. The van der Waals surface area contributed by atoms with Crippen molar-refractivity contribution in [3.63, 3.8) is 0 Å². The van der Waals surface area contributed by atoms with Gasteiger partial charge in [-0.2, -0.15) is 0 Å². The summed E-state index contributed by atoms with van der Waals surface area (Å²) in [6.45, 7) is 1.59. The van der Waals surface area contributed by atoms with Gasteiger partial charge in [-0.25, -0.2) is 8.42 Å². The lowest BCUT2D eigenvalue weighted by molar-refractivity contribution is 0.396. The van der Waals surface area contributed by atoms with Crippen LogP contribution in [0.3, 0.4) is 0 Å². The number of rotatable bonds is 2. The van der Waals surface area contributed by atoms with Crippen molar-refractivity contribution in [1.82, 2.24) is 5.16 Å². The molecule has 0 saturated carbocycles. The van der Waals surface area contributed by atoms with Crippen LogP contribution >= 0.6 is 21.2 Å². The molecule has 0 aliphatic heterocycles. The SMILES string of the molecule is Cc1onc(-c2ccccc2)c1S(=O)(=O)I. The Morgan fingerprint density at radius 2 is 1.88 bits per heavy atom. The number of hydrogen-bond donors (Lipinski definition) is 0. The van der Waals surface area contributed by atoms with Gasteiger partial charge >= 0.3 is 0 Å². The Hall–Kier alpha value is -0.890. The molecule has 0 N–H and O–H groups in total. The van der Waals surface area contributed by atoms with E-state index in [2.05, 4.69) is 5.16 Å². The van der Waals surface area contributed by atoms with Crippen LogP contribution in [0.15, 0.2) is 39.8 Å². The molecule has 0 aliphatic carbocycles. The van der Waals surface area contributed by atoms with E-state index in [-0.39, 0.29) is 4.90 Å². The molecular formula is C10H8INO3S. The molecule has 2 aromatic rings. The third-order valence-corrected chi connectivity index (χ3v) is 4.39. The fourth-order valence-electron chi connectivity index (χ4n) is 1.43. The molecule has 0 amide bonds. The summed E-state index contributed by atoms with van der Waals surface area (Å²) in [5.41, 5.74) is 1.10. The lowest BCUT2D eigenvalue weighted by Crippen LogP contribution is -1.93. The minimum Gasteiger partial charge on any atom is -0.360 e. The van der Waals surface area contributed by atoms with E-state index < -0.39 is 7.01 Å². The van der Waals surface area contributed by atoms with Crippen LogP contribution in [0.4, 0.5) is 0 Å². The predicted molar refractivity (Wildman–Crippen MR) is 67.9 cm³/mol. The average molecular weight is 349 g/mol. The molecule has 84 valence electrons. The second-order valence-corrected chi connectivity index (χ2v) is 7.98. The van der Waals surface area contributed by atoms with Gasteiger partial charge in [-0.1, -0.05) is 35.5 Å². The molecule has 0 atom stereocenters. The normalized spacial score (nSPS) is 11.6. The lowest BCUT2D eigenvalue weighted by atomic mass is 10.1. The van der Waals surface area contributed by atoms with Gasteiger partial charge in [-0.15, -0.1) is 0 Å². The van der Waals surface area contributed by atoms with Crippen LogP contribution in [0.1, 0.15) is 5.76 Å². The Morgan fingerprint density at radius 1 is 1.25 bits per heavy atom. The number of halogens is 1. The molecule has 1 aromatic heterocycles. The van der Waals surface area contributed by atoms with Crippen LogP contribution < -0.4 is 0 Å². The molecule has 0 aliphatic rings. The Kier molecular flexibility index (Phi) is 3.02. The molecule has 0 unspecified atom stereocenters. The highest BCUT2D eigenvalue weighted by molar-refractivity contribution is 14.2. The van der Waals surface area contributed by atoms with Gasteiger partial charge in [0.15, 0.2) is 5.76 Å². The van der Waals surface area contributed by atoms with Crippen molar-refractivity contribution in [2.24, 2.45) is 0 Å². The Balaban J connectivity index is 2.69. The largest absolute Gasteiger partial charge is 0.360 e. The maximum Gasteiger partial charge on any atom is 0.236 e. The standard InChI is InChI=1S/C10H8INO3S/c1-7-10(16(11,13)14)9(12-15-7)8-5-3-2-4-6-8/h2-6H,1H3. The van der Waals surface area contributed by atoms with Crippen molar-refractivity contribution in [3.8, 4) is 11.3 Å². The van der Waals surface area contributed by atoms with Crippen molar-refractivity contribution in [2.75, 3.05) is 0 Å². The second-order valence-electron chi connectivity index (χ2n) is 3.22. The van der Waals surface area contributed by atoms with Gasteiger partial charge < -0.3 is 4.52 Å². The lowest BCUT2D eigenvalue weighted by Gasteiger charge is -1.98. The monoisotopic (exact) mass is 349 g/mol. The van der Waals surface area contributed by atoms with E-state index in [1.165, 1.54) is 21.2 Å². The number of nitrogens with zero attached hydrogens (tertiary/aromatic N) is 1. The molecule has 6 heteroatoms. The van der Waals surface area contributed by atoms with E-state index in [1.807, 2.05) is 18.2 Å². The first-order chi connectivity index (χ1) is 7.50. The smallest absolute Gasteiger partial charge is 0.236 e. The van der Waals surface area contributed by atoms with Gasteiger partial charge in [0.1, 0.15) is 10.6 Å². The Labute approximate surface area is 105 Å². The maximum absolute atomic E-state index is 11.6. The van der Waals surface area contributed by atoms with Gasteiger partial charge in [0.25, 0.3) is 0 Å². The second kappa shape index (κ2) is 4.17. The summed E-state index contributed by atoms with van der Waals surface area (Å²) in [7, 11) is -3.36. The van der Waals surface area contributed by atoms with Gasteiger partial charge in [0, 0.05) is 5.56 Å². The Morgan fingerprint density at radius 3 is 2.44 bits per heavy atom. The van der Waals surface area contributed by atoms with Crippen LogP contribution in [-0.2, 0) is 7.01 Å². The first-order valence-corrected chi connectivity index (χ1v) is 8.49. The van der Waals surface area contributed by atoms with Crippen molar-refractivity contribution in [2.45, 2.75) is 11.8 Å². The molecule has 2 rings (SSSR count). The highest BCUT2D eigenvalue weighted by Gasteiger charge is 2.24. The number of aryl methyl sites for hydroxylation is 1. The first kappa shape index (κ1) is 11.6. The molecule has 0 fully saturated rings. The van der Waals surface area contributed by atoms with Crippen LogP contribution in [0, 0.1) is 6.92 Å². The summed E-state index contributed by atoms with van der Waals surface area (Å²) in [6.07, 6.45) is 0. The number of aromatic nitrogens is 1. The van der Waals surface area contributed by atoms with E-state index in [4.69, 9.17) is 4.52 Å². The minimum atomic E-state index is -3.36. The zero-order valence-corrected chi connectivity index (χ0v) is 11.3. The highest BCUT2D eigenvalue weighted by Crippen LogP contribution is 2.32. The zero-order valence-electron chi connectivity index (χ0n) is 8.34. The van der Waals surface area contributed by atoms with Crippen LogP contribution in [0.5, 0.6) is 0 Å². The van der Waals surface area contributed by atoms with Crippen molar-refractivity contribution < 1.29 is 12.9 Å². The van der Waals surface area contributed by atoms with E-state index >= 15 is 0 Å². The van der Waals surface area contributed by atoms with E-state index in [0.717, 1.165) is 5.56 Å².